The monoisotopic (exact) mass is 392 g/mol. The summed E-state index contributed by atoms with van der Waals surface area (Å²) in [5.41, 5.74) is 5.90. The number of rotatable bonds is 4. The summed E-state index contributed by atoms with van der Waals surface area (Å²) in [6.07, 6.45) is 0.644. The SMILES string of the molecule is COC(=O)c1cc(O[C@H]2[C@@H]3C[C@H]2CN(C(=O)OC(C)(C)C)C3)c(OC)cc1N. The standard InChI is InChI=1S/C20H28N2O6/c1-20(2,3)28-19(24)22-9-11-6-12(10-22)17(11)27-16-7-13(18(23)26-5)14(21)8-15(16)25-4/h7-8,11-12,17H,6,9-10,21H2,1-5H3/t11-,12+,17+. The average Bonchev–Trinajstić information content (AvgIpc) is 2.64. The Morgan fingerprint density at radius 3 is 2.29 bits per heavy atom. The van der Waals surface area contributed by atoms with Crippen LogP contribution in [0.1, 0.15) is 37.6 Å². The number of hydrogen-bond acceptors (Lipinski definition) is 7. The summed E-state index contributed by atoms with van der Waals surface area (Å²) in [5, 5.41) is 0. The third kappa shape index (κ3) is 3.95. The maximum Gasteiger partial charge on any atom is 0.410 e. The van der Waals surface area contributed by atoms with Gasteiger partial charge in [0.05, 0.1) is 25.5 Å². The van der Waals surface area contributed by atoms with Crippen LogP contribution in [0.3, 0.4) is 0 Å². The highest BCUT2D eigenvalue weighted by Gasteiger charge is 2.50. The van der Waals surface area contributed by atoms with Crippen LogP contribution in [0.15, 0.2) is 12.1 Å². The average molecular weight is 392 g/mol. The minimum atomic E-state index is -0.532. The van der Waals surface area contributed by atoms with Crippen LogP contribution < -0.4 is 15.2 Å². The van der Waals surface area contributed by atoms with E-state index in [-0.39, 0.29) is 35.3 Å². The Morgan fingerprint density at radius 2 is 1.75 bits per heavy atom. The van der Waals surface area contributed by atoms with Crippen LogP contribution in [-0.4, -0.2) is 56.0 Å². The molecule has 1 saturated heterocycles. The number of ether oxygens (including phenoxy) is 4. The van der Waals surface area contributed by atoms with Crippen molar-refractivity contribution in [2.75, 3.05) is 33.0 Å². The molecule has 1 saturated carbocycles. The van der Waals surface area contributed by atoms with Crippen molar-refractivity contribution in [1.82, 2.24) is 4.90 Å². The van der Waals surface area contributed by atoms with E-state index >= 15 is 0 Å². The minimum Gasteiger partial charge on any atom is -0.493 e. The second kappa shape index (κ2) is 7.41. The van der Waals surface area contributed by atoms with E-state index < -0.39 is 11.6 Å². The fourth-order valence-electron chi connectivity index (χ4n) is 3.77. The van der Waals surface area contributed by atoms with Gasteiger partial charge >= 0.3 is 12.1 Å². The molecule has 2 aliphatic rings. The van der Waals surface area contributed by atoms with Gasteiger partial charge in [0.2, 0.25) is 0 Å². The van der Waals surface area contributed by atoms with Crippen molar-refractivity contribution >= 4 is 17.7 Å². The molecule has 3 rings (SSSR count). The Balaban J connectivity index is 1.71. The molecule has 1 aliphatic carbocycles. The second-order valence-electron chi connectivity index (χ2n) is 8.31. The van der Waals surface area contributed by atoms with Gasteiger partial charge < -0.3 is 29.6 Å². The smallest absolute Gasteiger partial charge is 0.410 e. The van der Waals surface area contributed by atoms with Gasteiger partial charge in [-0.1, -0.05) is 0 Å². The first-order valence-corrected chi connectivity index (χ1v) is 9.33. The number of carbonyl (C=O) groups is 2. The molecule has 1 amide bonds. The first kappa shape index (κ1) is 20.1. The molecule has 2 bridgehead atoms. The summed E-state index contributed by atoms with van der Waals surface area (Å²) in [6.45, 7) is 6.73. The molecule has 0 radical (unpaired) electrons. The third-order valence-corrected chi connectivity index (χ3v) is 5.10. The van der Waals surface area contributed by atoms with E-state index in [9.17, 15) is 9.59 Å². The van der Waals surface area contributed by atoms with Crippen molar-refractivity contribution in [3.63, 3.8) is 0 Å². The highest BCUT2D eigenvalue weighted by Crippen LogP contribution is 2.45. The predicted octanol–water partition coefficient (Wildman–Crippen LogP) is 2.70. The Kier molecular flexibility index (Phi) is 5.32. The lowest BCUT2D eigenvalue weighted by molar-refractivity contribution is -0.0934. The van der Waals surface area contributed by atoms with Crippen molar-refractivity contribution in [2.24, 2.45) is 11.8 Å². The number of esters is 1. The van der Waals surface area contributed by atoms with Crippen LogP contribution in [-0.2, 0) is 9.47 Å². The fraction of sp³-hybridized carbons (Fsp3) is 0.600. The summed E-state index contributed by atoms with van der Waals surface area (Å²) in [6, 6.07) is 3.11. The molecule has 0 spiro atoms. The molecule has 2 N–H and O–H groups in total. The van der Waals surface area contributed by atoms with E-state index in [0.29, 0.717) is 24.6 Å². The number of methoxy groups -OCH3 is 2. The molecule has 0 aromatic heterocycles. The highest BCUT2D eigenvalue weighted by molar-refractivity contribution is 5.96. The number of amides is 1. The van der Waals surface area contributed by atoms with E-state index in [1.807, 2.05) is 20.8 Å². The minimum absolute atomic E-state index is 0.0540. The van der Waals surface area contributed by atoms with E-state index in [1.54, 1.807) is 17.0 Å². The van der Waals surface area contributed by atoms with Crippen LogP contribution in [0.4, 0.5) is 10.5 Å². The molecule has 8 nitrogen and oxygen atoms in total. The Bertz CT molecular complexity index is 761. The molecule has 1 aliphatic heterocycles. The number of nitrogen functional groups attached to an aromatic ring is 1. The zero-order chi connectivity index (χ0) is 20.6. The molecule has 0 unspecified atom stereocenters. The van der Waals surface area contributed by atoms with Crippen LogP contribution in [0.2, 0.25) is 0 Å². The number of fused-ring (bicyclic) bond motifs is 2. The number of nitrogens with zero attached hydrogens (tertiary/aromatic N) is 1. The molecule has 1 heterocycles. The van der Waals surface area contributed by atoms with Gasteiger partial charge in [0, 0.05) is 37.1 Å². The van der Waals surface area contributed by atoms with Crippen molar-refractivity contribution in [3.8, 4) is 11.5 Å². The lowest BCUT2D eigenvalue weighted by Gasteiger charge is -2.52. The quantitative estimate of drug-likeness (QED) is 0.621. The van der Waals surface area contributed by atoms with E-state index in [0.717, 1.165) is 6.42 Å². The van der Waals surface area contributed by atoms with Crippen molar-refractivity contribution < 1.29 is 28.5 Å². The summed E-state index contributed by atoms with van der Waals surface area (Å²) >= 11 is 0. The van der Waals surface area contributed by atoms with Gasteiger partial charge in [0.1, 0.15) is 11.7 Å². The number of piperidine rings is 2. The number of nitrogens with two attached hydrogens (primary N) is 1. The second-order valence-corrected chi connectivity index (χ2v) is 8.31. The molecule has 28 heavy (non-hydrogen) atoms. The Hall–Kier alpha value is -2.64. The van der Waals surface area contributed by atoms with E-state index in [2.05, 4.69) is 0 Å². The maximum atomic E-state index is 12.3. The van der Waals surface area contributed by atoms with Gasteiger partial charge in [-0.3, -0.25) is 0 Å². The molecular formula is C20H28N2O6. The Morgan fingerprint density at radius 1 is 1.11 bits per heavy atom. The number of anilines is 1. The van der Waals surface area contributed by atoms with Gasteiger partial charge in [0.15, 0.2) is 11.5 Å². The van der Waals surface area contributed by atoms with Crippen LogP contribution >= 0.6 is 0 Å². The van der Waals surface area contributed by atoms with Gasteiger partial charge in [-0.25, -0.2) is 9.59 Å². The summed E-state index contributed by atoms with van der Waals surface area (Å²) < 4.78 is 21.8. The van der Waals surface area contributed by atoms with Crippen LogP contribution in [0.5, 0.6) is 11.5 Å². The zero-order valence-electron chi connectivity index (χ0n) is 17.0. The zero-order valence-corrected chi connectivity index (χ0v) is 17.0. The number of carbonyl (C=O) groups excluding carboxylic acids is 2. The maximum absolute atomic E-state index is 12.3. The molecule has 2 fully saturated rings. The van der Waals surface area contributed by atoms with Crippen molar-refractivity contribution in [1.29, 1.82) is 0 Å². The summed E-state index contributed by atoms with van der Waals surface area (Å²) in [5.74, 6) is 0.779. The fourth-order valence-corrected chi connectivity index (χ4v) is 3.77. The largest absolute Gasteiger partial charge is 0.493 e. The molecule has 8 heteroatoms. The predicted molar refractivity (Wildman–Crippen MR) is 103 cm³/mol. The van der Waals surface area contributed by atoms with Gasteiger partial charge in [-0.05, 0) is 27.2 Å². The third-order valence-electron chi connectivity index (χ3n) is 5.10. The molecule has 1 aromatic rings. The normalized spacial score (nSPS) is 23.5. The first-order valence-electron chi connectivity index (χ1n) is 9.33. The highest BCUT2D eigenvalue weighted by atomic mass is 16.6. The van der Waals surface area contributed by atoms with Gasteiger partial charge in [-0.2, -0.15) is 0 Å². The lowest BCUT2D eigenvalue weighted by atomic mass is 9.68. The number of likely N-dealkylation sites (tertiary alicyclic amines) is 1. The number of benzene rings is 1. The van der Waals surface area contributed by atoms with Crippen LogP contribution in [0, 0.1) is 11.8 Å². The lowest BCUT2D eigenvalue weighted by Crippen LogP contribution is -2.62. The van der Waals surface area contributed by atoms with Crippen LogP contribution in [0.25, 0.3) is 0 Å². The van der Waals surface area contributed by atoms with Crippen molar-refractivity contribution in [3.05, 3.63) is 17.7 Å². The number of hydrogen-bond donors (Lipinski definition) is 1. The van der Waals surface area contributed by atoms with Gasteiger partial charge in [-0.15, -0.1) is 0 Å². The molecule has 3 atom stereocenters. The molecule has 1 aromatic carbocycles. The topological polar surface area (TPSA) is 100 Å². The summed E-state index contributed by atoms with van der Waals surface area (Å²) in [4.78, 5) is 26.0. The van der Waals surface area contributed by atoms with E-state index in [4.69, 9.17) is 24.7 Å². The van der Waals surface area contributed by atoms with Gasteiger partial charge in [0.25, 0.3) is 0 Å². The Labute approximate surface area is 164 Å². The first-order chi connectivity index (χ1) is 13.1. The molecule has 154 valence electrons. The van der Waals surface area contributed by atoms with Crippen molar-refractivity contribution in [2.45, 2.75) is 38.9 Å². The van der Waals surface area contributed by atoms with E-state index in [1.165, 1.54) is 14.2 Å². The summed E-state index contributed by atoms with van der Waals surface area (Å²) in [7, 11) is 2.82. The molecular weight excluding hydrogens is 364 g/mol.